The number of ether oxygens (including phenoxy) is 3. The second-order valence-corrected chi connectivity index (χ2v) is 13.1. The first kappa shape index (κ1) is 36.8. The summed E-state index contributed by atoms with van der Waals surface area (Å²) in [6, 6.07) is 6.33. The molecule has 2 aromatic rings. The number of phenols is 1. The Morgan fingerprint density at radius 1 is 0.907 bits per heavy atom. The number of likely N-dealkylation sites (N-methyl/N-ethyl adjacent to an activating group) is 2. The lowest BCUT2D eigenvalue weighted by atomic mass is 9.96. The van der Waals surface area contributed by atoms with Crippen LogP contribution in [0, 0.1) is 0 Å². The summed E-state index contributed by atoms with van der Waals surface area (Å²) in [5, 5.41) is 13.1. The fraction of sp³-hybridized carbons (Fsp3) is 0.517. The van der Waals surface area contributed by atoms with Gasteiger partial charge >= 0.3 is 19.5 Å². The maximum absolute atomic E-state index is 13.8. The quantitative estimate of drug-likeness (QED) is 0.136. The summed E-state index contributed by atoms with van der Waals surface area (Å²) in [7, 11) is -1.63. The maximum atomic E-state index is 13.8. The van der Waals surface area contributed by atoms with Crippen LogP contribution in [0.3, 0.4) is 0 Å². The van der Waals surface area contributed by atoms with Gasteiger partial charge in [-0.3, -0.25) is 14.2 Å². The van der Waals surface area contributed by atoms with Gasteiger partial charge in [-0.2, -0.15) is 0 Å². The molecule has 0 saturated heterocycles. The van der Waals surface area contributed by atoms with Crippen LogP contribution in [0.4, 0.5) is 0 Å². The molecule has 0 heterocycles. The van der Waals surface area contributed by atoms with E-state index in [1.165, 1.54) is 50.1 Å². The van der Waals surface area contributed by atoms with E-state index in [2.05, 4.69) is 0 Å². The normalized spacial score (nSPS) is 14.6. The average molecular weight is 663 g/mol. The Labute approximate surface area is 263 Å². The number of hydrazine groups is 2. The molecule has 0 aliphatic rings. The summed E-state index contributed by atoms with van der Waals surface area (Å²) in [6.07, 6.45) is -0.355. The lowest BCUT2D eigenvalue weighted by Crippen LogP contribution is -2.57. The SMILES string of the molecule is CCOC(=O)C(C)N(C)N(N(C)C(C)C(=O)OCC)P(=O)(O)COc1cc(Cl)c(Cc2ccc(O)c(C(C)C)c2)c(Cl)c1. The predicted octanol–water partition coefficient (Wildman–Crippen LogP) is 5.83. The molecule has 0 aliphatic carbocycles. The largest absolute Gasteiger partial charge is 0.508 e. The Hall–Kier alpha value is -2.37. The number of halogens is 2. The zero-order valence-electron chi connectivity index (χ0n) is 25.8. The Kier molecular flexibility index (Phi) is 13.8. The van der Waals surface area contributed by atoms with Crippen molar-refractivity contribution >= 4 is 42.7 Å². The van der Waals surface area contributed by atoms with E-state index in [9.17, 15) is 24.2 Å². The molecule has 14 heteroatoms. The molecule has 0 saturated carbocycles. The molecule has 11 nitrogen and oxygen atoms in total. The van der Waals surface area contributed by atoms with Gasteiger partial charge in [-0.25, -0.2) is 10.0 Å². The molecule has 2 rings (SSSR count). The first-order chi connectivity index (χ1) is 20.0. The van der Waals surface area contributed by atoms with Crippen molar-refractivity contribution in [2.75, 3.05) is 33.7 Å². The van der Waals surface area contributed by atoms with Gasteiger partial charge in [-0.15, -0.1) is 0 Å². The molecule has 3 atom stereocenters. The minimum atomic E-state index is -4.48. The van der Waals surface area contributed by atoms with Gasteiger partial charge in [-0.05, 0) is 68.5 Å². The van der Waals surface area contributed by atoms with Gasteiger partial charge in [0, 0.05) is 30.6 Å². The number of hydrogen-bond donors (Lipinski definition) is 2. The number of esters is 2. The maximum Gasteiger partial charge on any atom is 0.333 e. The van der Waals surface area contributed by atoms with Crippen molar-refractivity contribution in [3.05, 3.63) is 57.1 Å². The van der Waals surface area contributed by atoms with Crippen molar-refractivity contribution in [3.63, 3.8) is 0 Å². The third kappa shape index (κ3) is 9.56. The topological polar surface area (TPSA) is 129 Å². The summed E-state index contributed by atoms with van der Waals surface area (Å²) in [5.74, 6) is -0.780. The zero-order chi connectivity index (χ0) is 32.6. The van der Waals surface area contributed by atoms with Crippen molar-refractivity contribution in [3.8, 4) is 11.5 Å². The highest BCUT2D eigenvalue weighted by molar-refractivity contribution is 7.55. The minimum absolute atomic E-state index is 0.119. The van der Waals surface area contributed by atoms with Crippen LogP contribution in [0.25, 0.3) is 0 Å². The Bertz CT molecular complexity index is 1280. The van der Waals surface area contributed by atoms with E-state index in [4.69, 9.17) is 37.4 Å². The van der Waals surface area contributed by atoms with E-state index >= 15 is 0 Å². The number of nitrogens with zero attached hydrogens (tertiary/aromatic N) is 3. The number of rotatable bonds is 15. The standard InChI is InChI=1S/C29H42Cl2N3O8P/c1-9-40-28(36)19(5)32(7)34(33(8)20(6)29(37)41-10-2)43(38,39)17-42-22-15-25(30)24(26(31)16-22)14-21-11-12-27(35)23(13-21)18(3)4/h11-13,15-16,18-20,35H,9-10,14,17H2,1-8H3,(H,38,39). The van der Waals surface area contributed by atoms with Crippen LogP contribution >= 0.6 is 30.7 Å². The molecule has 240 valence electrons. The fourth-order valence-corrected chi connectivity index (χ4v) is 6.44. The molecule has 0 spiro atoms. The molecule has 2 aromatic carbocycles. The fourth-order valence-electron chi connectivity index (χ4n) is 4.23. The van der Waals surface area contributed by atoms with E-state index in [-0.39, 0.29) is 40.7 Å². The molecule has 0 aliphatic heterocycles. The number of aromatic hydroxyl groups is 1. The van der Waals surface area contributed by atoms with Gasteiger partial charge in [0.1, 0.15) is 23.6 Å². The predicted molar refractivity (Wildman–Crippen MR) is 166 cm³/mol. The molecular weight excluding hydrogens is 620 g/mol. The molecule has 0 radical (unpaired) electrons. The average Bonchev–Trinajstić information content (AvgIpc) is 2.93. The van der Waals surface area contributed by atoms with Crippen molar-refractivity contribution in [2.45, 2.75) is 66.0 Å². The van der Waals surface area contributed by atoms with Gasteiger partial charge in [0.2, 0.25) is 0 Å². The lowest BCUT2D eigenvalue weighted by Gasteiger charge is -2.43. The third-order valence-corrected chi connectivity index (χ3v) is 9.09. The van der Waals surface area contributed by atoms with Gasteiger partial charge in [0.05, 0.1) is 13.2 Å². The smallest absolute Gasteiger partial charge is 0.333 e. The molecule has 3 unspecified atom stereocenters. The highest BCUT2D eigenvalue weighted by atomic mass is 35.5. The zero-order valence-corrected chi connectivity index (χ0v) is 28.2. The van der Waals surface area contributed by atoms with Crippen LogP contribution in [0.1, 0.15) is 64.2 Å². The first-order valence-corrected chi connectivity index (χ1v) is 16.4. The Balaban J connectivity index is 2.34. The highest BCUT2D eigenvalue weighted by Crippen LogP contribution is 2.48. The van der Waals surface area contributed by atoms with Crippen LogP contribution in [0.5, 0.6) is 11.5 Å². The van der Waals surface area contributed by atoms with Gasteiger partial charge < -0.3 is 24.2 Å². The molecule has 0 aromatic heterocycles. The van der Waals surface area contributed by atoms with Crippen molar-refractivity contribution in [1.82, 2.24) is 14.9 Å². The number of benzene rings is 2. The number of carbonyl (C=O) groups excluding carboxylic acids is 2. The second-order valence-electron chi connectivity index (χ2n) is 10.3. The van der Waals surface area contributed by atoms with Crippen LogP contribution in [0.2, 0.25) is 10.0 Å². The minimum Gasteiger partial charge on any atom is -0.508 e. The summed E-state index contributed by atoms with van der Waals surface area (Å²) in [5.41, 5.74) is 2.32. The van der Waals surface area contributed by atoms with Crippen molar-refractivity contribution in [2.24, 2.45) is 0 Å². The second kappa shape index (κ2) is 16.1. The van der Waals surface area contributed by atoms with Gasteiger partial charge in [-0.1, -0.05) is 54.1 Å². The van der Waals surface area contributed by atoms with E-state index in [1.54, 1.807) is 26.0 Å². The van der Waals surface area contributed by atoms with Crippen LogP contribution in [-0.4, -0.2) is 82.6 Å². The van der Waals surface area contributed by atoms with Gasteiger partial charge in [0.15, 0.2) is 6.35 Å². The monoisotopic (exact) mass is 661 g/mol. The third-order valence-electron chi connectivity index (χ3n) is 6.83. The van der Waals surface area contributed by atoms with Crippen LogP contribution in [0.15, 0.2) is 30.3 Å². The van der Waals surface area contributed by atoms with Crippen LogP contribution in [-0.2, 0) is 30.0 Å². The molecule has 0 amide bonds. The van der Waals surface area contributed by atoms with E-state index in [1.807, 2.05) is 19.9 Å². The van der Waals surface area contributed by atoms with Crippen molar-refractivity contribution in [1.29, 1.82) is 0 Å². The molecular formula is C29H42Cl2N3O8P. The van der Waals surface area contributed by atoms with Crippen LogP contribution < -0.4 is 4.74 Å². The van der Waals surface area contributed by atoms with Gasteiger partial charge in [0.25, 0.3) is 0 Å². The highest BCUT2D eigenvalue weighted by Gasteiger charge is 2.42. The Morgan fingerprint density at radius 2 is 1.40 bits per heavy atom. The number of carbonyl (C=O) groups is 2. The molecule has 43 heavy (non-hydrogen) atoms. The summed E-state index contributed by atoms with van der Waals surface area (Å²) in [4.78, 5) is 37.2. The van der Waals surface area contributed by atoms with E-state index in [0.717, 1.165) is 16.0 Å². The lowest BCUT2D eigenvalue weighted by molar-refractivity contribution is -0.177. The van der Waals surface area contributed by atoms with Crippen molar-refractivity contribution < 1.29 is 38.4 Å². The molecule has 2 N–H and O–H groups in total. The number of hydrogen-bond acceptors (Lipinski definition) is 9. The molecule has 0 bridgehead atoms. The van der Waals surface area contributed by atoms with E-state index in [0.29, 0.717) is 12.0 Å². The number of phenolic OH excluding ortho intramolecular Hbond substituents is 1. The Morgan fingerprint density at radius 3 is 1.84 bits per heavy atom. The molecule has 0 fully saturated rings. The summed E-state index contributed by atoms with van der Waals surface area (Å²) in [6.45, 7) is 10.5. The summed E-state index contributed by atoms with van der Waals surface area (Å²) >= 11 is 13.1. The van der Waals surface area contributed by atoms with E-state index < -0.39 is 37.9 Å². The first-order valence-electron chi connectivity index (χ1n) is 13.9. The summed E-state index contributed by atoms with van der Waals surface area (Å²) < 4.78 is 29.7.